The summed E-state index contributed by atoms with van der Waals surface area (Å²) in [5.41, 5.74) is 2.59. The Labute approximate surface area is 129 Å². The zero-order chi connectivity index (χ0) is 14.4. The fraction of sp³-hybridized carbons (Fsp3) is 0.882. The van der Waals surface area contributed by atoms with Gasteiger partial charge in [-0.25, -0.2) is 0 Å². The maximum Gasteiger partial charge on any atom is 0.0859 e. The molecule has 0 N–H and O–H groups in total. The molecule has 0 amide bonds. The predicted octanol–water partition coefficient (Wildman–Crippen LogP) is 5.82. The highest BCUT2D eigenvalue weighted by Gasteiger charge is 2.11. The molecule has 0 spiro atoms. The molecule has 124 valence electrons. The van der Waals surface area contributed by atoms with Crippen molar-refractivity contribution in [2.75, 3.05) is 0 Å². The monoisotopic (exact) mass is 287 g/mol. The molecule has 1 aromatic heterocycles. The van der Waals surface area contributed by atoms with Gasteiger partial charge in [-0.3, -0.25) is 4.68 Å². The molecular weight excluding hydrogens is 246 g/mol. The summed E-state index contributed by atoms with van der Waals surface area (Å²) in [6, 6.07) is 0. The first-order chi connectivity index (χ1) is 8.88. The molecule has 3 heteroatoms. The number of hydrogen-bond acceptors (Lipinski definition) is 2. The molecule has 1 heterocycles. The molecule has 0 radical (unpaired) electrons. The summed E-state index contributed by atoms with van der Waals surface area (Å²) in [6.45, 7) is 12.0. The number of nitrogens with zero attached hydrogens (tertiary/aromatic N) is 3. The minimum absolute atomic E-state index is 0. The van der Waals surface area contributed by atoms with Crippen molar-refractivity contribution in [3.63, 3.8) is 0 Å². The predicted molar refractivity (Wildman–Crippen MR) is 94.4 cm³/mol. The lowest BCUT2D eigenvalue weighted by Crippen LogP contribution is -2.03. The Kier molecular flexibility index (Phi) is 28.1. The highest BCUT2D eigenvalue weighted by Crippen LogP contribution is 2.16. The van der Waals surface area contributed by atoms with Crippen LogP contribution in [0.25, 0.3) is 0 Å². The van der Waals surface area contributed by atoms with Gasteiger partial charge in [0.1, 0.15) is 0 Å². The molecule has 1 aromatic rings. The number of aryl methyl sites for hydroxylation is 2. The van der Waals surface area contributed by atoms with Gasteiger partial charge in [0.05, 0.1) is 11.4 Å². The summed E-state index contributed by atoms with van der Waals surface area (Å²) >= 11 is 0. The lowest BCUT2D eigenvalue weighted by atomic mass is 10.0. The quantitative estimate of drug-likeness (QED) is 0.601. The highest BCUT2D eigenvalue weighted by molar-refractivity contribution is 5.10. The molecule has 0 fully saturated rings. The third-order valence-electron chi connectivity index (χ3n) is 2.60. The van der Waals surface area contributed by atoms with Gasteiger partial charge in [0.15, 0.2) is 0 Å². The molecule has 0 aromatic carbocycles. The summed E-state index contributed by atoms with van der Waals surface area (Å²) in [6.07, 6.45) is 7.60. The third-order valence-corrected chi connectivity index (χ3v) is 2.60. The van der Waals surface area contributed by atoms with Crippen LogP contribution in [0.3, 0.4) is 0 Å². The van der Waals surface area contributed by atoms with Crippen molar-refractivity contribution in [1.82, 2.24) is 15.0 Å². The SMILES string of the molecule is C.C.CC.CC.CC.Cn1nnc2c1CCCCCC2. The first kappa shape index (κ1) is 27.5. The smallest absolute Gasteiger partial charge is 0.0859 e. The van der Waals surface area contributed by atoms with Gasteiger partial charge in [0.25, 0.3) is 0 Å². The van der Waals surface area contributed by atoms with Gasteiger partial charge < -0.3 is 0 Å². The first-order valence-corrected chi connectivity index (χ1v) is 7.75. The molecule has 20 heavy (non-hydrogen) atoms. The van der Waals surface area contributed by atoms with Crippen molar-refractivity contribution < 1.29 is 0 Å². The number of hydrogen-bond donors (Lipinski definition) is 0. The Morgan fingerprint density at radius 3 is 1.70 bits per heavy atom. The number of rotatable bonds is 0. The minimum Gasteiger partial charge on any atom is -0.252 e. The second kappa shape index (κ2) is 20.5. The molecule has 0 unspecified atom stereocenters. The molecule has 3 nitrogen and oxygen atoms in total. The maximum atomic E-state index is 4.17. The molecule has 0 aliphatic heterocycles. The summed E-state index contributed by atoms with van der Waals surface area (Å²) in [5, 5.41) is 8.22. The van der Waals surface area contributed by atoms with Crippen LogP contribution in [0.15, 0.2) is 0 Å². The van der Waals surface area contributed by atoms with Crippen LogP contribution < -0.4 is 0 Å². The lowest BCUT2D eigenvalue weighted by Gasteiger charge is -2.08. The molecule has 0 atom stereocenters. The largest absolute Gasteiger partial charge is 0.252 e. The van der Waals surface area contributed by atoms with Crippen molar-refractivity contribution in [3.05, 3.63) is 11.4 Å². The van der Waals surface area contributed by atoms with Crippen LogP contribution >= 0.6 is 0 Å². The van der Waals surface area contributed by atoms with Gasteiger partial charge in [0.2, 0.25) is 0 Å². The molecule has 2 rings (SSSR count). The summed E-state index contributed by atoms with van der Waals surface area (Å²) < 4.78 is 1.93. The van der Waals surface area contributed by atoms with E-state index in [2.05, 4.69) is 10.3 Å². The van der Waals surface area contributed by atoms with E-state index in [1.165, 1.54) is 43.5 Å². The van der Waals surface area contributed by atoms with Crippen molar-refractivity contribution in [2.24, 2.45) is 7.05 Å². The van der Waals surface area contributed by atoms with Gasteiger partial charge in [-0.05, 0) is 25.7 Å². The standard InChI is InChI=1S/C9H15N3.3C2H6.2CH4/c1-12-9-7-5-3-2-4-6-8(9)10-11-12;3*1-2;;/h2-7H2,1H3;3*1-2H3;2*1H4. The summed E-state index contributed by atoms with van der Waals surface area (Å²) in [7, 11) is 1.99. The van der Waals surface area contributed by atoms with E-state index in [4.69, 9.17) is 0 Å². The maximum absolute atomic E-state index is 4.17. The Morgan fingerprint density at radius 1 is 0.750 bits per heavy atom. The van der Waals surface area contributed by atoms with Crippen LogP contribution in [0.2, 0.25) is 0 Å². The van der Waals surface area contributed by atoms with Gasteiger partial charge in [0, 0.05) is 7.05 Å². The molecule has 0 bridgehead atoms. The Hall–Kier alpha value is -0.860. The van der Waals surface area contributed by atoms with Crippen molar-refractivity contribution >= 4 is 0 Å². The lowest BCUT2D eigenvalue weighted by molar-refractivity contribution is 0.591. The topological polar surface area (TPSA) is 30.7 Å². The van der Waals surface area contributed by atoms with Crippen LogP contribution in [-0.2, 0) is 19.9 Å². The van der Waals surface area contributed by atoms with Crippen LogP contribution in [0.4, 0.5) is 0 Å². The van der Waals surface area contributed by atoms with Crippen LogP contribution in [0.1, 0.15) is 93.5 Å². The molecular formula is C17H41N3. The zero-order valence-electron chi connectivity index (χ0n) is 13.6. The summed E-state index contributed by atoms with van der Waals surface area (Å²) in [4.78, 5) is 0. The van der Waals surface area contributed by atoms with E-state index in [1.54, 1.807) is 0 Å². The number of fused-ring (bicyclic) bond motifs is 1. The van der Waals surface area contributed by atoms with Gasteiger partial charge in [-0.2, -0.15) is 0 Å². The third kappa shape index (κ3) is 9.99. The molecule has 0 saturated carbocycles. The average Bonchev–Trinajstić information content (AvgIpc) is 2.76. The Morgan fingerprint density at radius 2 is 1.20 bits per heavy atom. The molecule has 1 aliphatic rings. The van der Waals surface area contributed by atoms with E-state index < -0.39 is 0 Å². The fourth-order valence-corrected chi connectivity index (χ4v) is 1.86. The molecule has 1 aliphatic carbocycles. The zero-order valence-corrected chi connectivity index (χ0v) is 13.6. The van der Waals surface area contributed by atoms with Crippen LogP contribution in [0.5, 0.6) is 0 Å². The Bertz CT molecular complexity index is 267. The van der Waals surface area contributed by atoms with E-state index in [1.807, 2.05) is 53.3 Å². The van der Waals surface area contributed by atoms with Crippen molar-refractivity contribution in [2.45, 2.75) is 94.9 Å². The van der Waals surface area contributed by atoms with Gasteiger partial charge in [-0.1, -0.05) is 74.5 Å². The minimum atomic E-state index is 0. The normalized spacial score (nSPS) is 11.8. The summed E-state index contributed by atoms with van der Waals surface area (Å²) in [5.74, 6) is 0. The van der Waals surface area contributed by atoms with E-state index in [-0.39, 0.29) is 14.9 Å². The van der Waals surface area contributed by atoms with E-state index in [9.17, 15) is 0 Å². The van der Waals surface area contributed by atoms with Gasteiger partial charge in [-0.15, -0.1) is 5.10 Å². The van der Waals surface area contributed by atoms with Crippen molar-refractivity contribution in [1.29, 1.82) is 0 Å². The van der Waals surface area contributed by atoms with Crippen LogP contribution in [-0.4, -0.2) is 15.0 Å². The first-order valence-electron chi connectivity index (χ1n) is 7.75. The van der Waals surface area contributed by atoms with Gasteiger partial charge >= 0.3 is 0 Å². The van der Waals surface area contributed by atoms with Crippen LogP contribution in [0, 0.1) is 0 Å². The average molecular weight is 288 g/mol. The second-order valence-corrected chi connectivity index (χ2v) is 3.52. The van der Waals surface area contributed by atoms with E-state index in [0.717, 1.165) is 6.42 Å². The van der Waals surface area contributed by atoms with E-state index in [0.29, 0.717) is 0 Å². The second-order valence-electron chi connectivity index (χ2n) is 3.52. The highest BCUT2D eigenvalue weighted by atomic mass is 15.4. The molecule has 0 saturated heterocycles. The Balaban J connectivity index is -0.000000143. The van der Waals surface area contributed by atoms with E-state index >= 15 is 0 Å². The van der Waals surface area contributed by atoms with Crippen molar-refractivity contribution in [3.8, 4) is 0 Å². The number of aromatic nitrogens is 3. The fourth-order valence-electron chi connectivity index (χ4n) is 1.86.